The number of hydrogen-bond acceptors (Lipinski definition) is 4. The number of ether oxygens (including phenoxy) is 1. The number of amides is 2. The van der Waals surface area contributed by atoms with Gasteiger partial charge in [-0.15, -0.1) is 0 Å². The quantitative estimate of drug-likeness (QED) is 0.367. The Morgan fingerprint density at radius 2 is 1.56 bits per heavy atom. The van der Waals surface area contributed by atoms with E-state index in [0.29, 0.717) is 32.7 Å². The molecule has 3 rings (SSSR count). The van der Waals surface area contributed by atoms with E-state index in [9.17, 15) is 9.59 Å². The van der Waals surface area contributed by atoms with Gasteiger partial charge in [0.2, 0.25) is 0 Å². The number of benzene rings is 3. The standard InChI is InChI=1S/C22H16Cl3N3O3S/c1-31-19-11-13(7-9-18(19)27-20(29)14-4-2-3-5-16(14)24)26-22(32)28-21(30)15-10-12(23)6-8-17(15)25/h2-11H,1H3,(H,27,29)(H2,26,28,30,32). The molecular weight excluding hydrogens is 493 g/mol. The number of anilines is 2. The third-order valence-corrected chi connectivity index (χ3v) is 5.32. The Kier molecular flexibility index (Phi) is 7.93. The summed E-state index contributed by atoms with van der Waals surface area (Å²) in [5.41, 5.74) is 1.49. The van der Waals surface area contributed by atoms with Gasteiger partial charge in [-0.3, -0.25) is 14.9 Å². The molecule has 0 fully saturated rings. The maximum atomic E-state index is 12.5. The Hall–Kier alpha value is -2.84. The molecule has 0 aromatic heterocycles. The molecule has 164 valence electrons. The Balaban J connectivity index is 1.69. The van der Waals surface area contributed by atoms with Crippen LogP contribution in [0.1, 0.15) is 20.7 Å². The summed E-state index contributed by atoms with van der Waals surface area (Å²) >= 11 is 23.2. The summed E-state index contributed by atoms with van der Waals surface area (Å²) in [6, 6.07) is 16.2. The van der Waals surface area contributed by atoms with Gasteiger partial charge in [0.15, 0.2) is 5.11 Å². The number of nitrogens with one attached hydrogen (secondary N) is 3. The summed E-state index contributed by atoms with van der Waals surface area (Å²) in [5, 5.41) is 9.18. The van der Waals surface area contributed by atoms with Gasteiger partial charge in [-0.2, -0.15) is 0 Å². The van der Waals surface area contributed by atoms with Crippen molar-refractivity contribution in [2.45, 2.75) is 0 Å². The van der Waals surface area contributed by atoms with Crippen LogP contribution in [0.4, 0.5) is 11.4 Å². The van der Waals surface area contributed by atoms with Gasteiger partial charge in [-0.25, -0.2) is 0 Å². The highest BCUT2D eigenvalue weighted by molar-refractivity contribution is 7.80. The van der Waals surface area contributed by atoms with Crippen molar-refractivity contribution in [3.05, 3.63) is 86.9 Å². The molecule has 0 saturated heterocycles. The van der Waals surface area contributed by atoms with Crippen molar-refractivity contribution in [2.24, 2.45) is 0 Å². The molecule has 0 unspecified atom stereocenters. The van der Waals surface area contributed by atoms with Crippen LogP contribution < -0.4 is 20.7 Å². The molecule has 0 aliphatic rings. The maximum Gasteiger partial charge on any atom is 0.258 e. The summed E-state index contributed by atoms with van der Waals surface area (Å²) < 4.78 is 5.36. The first-order valence-electron chi connectivity index (χ1n) is 9.10. The maximum absolute atomic E-state index is 12.5. The first kappa shape index (κ1) is 23.8. The molecule has 0 aliphatic carbocycles. The van der Waals surface area contributed by atoms with Crippen LogP contribution in [0.3, 0.4) is 0 Å². The number of halogens is 3. The van der Waals surface area contributed by atoms with E-state index in [1.807, 2.05) is 0 Å². The predicted molar refractivity (Wildman–Crippen MR) is 133 cm³/mol. The third-order valence-electron chi connectivity index (χ3n) is 4.23. The number of hydrogen-bond donors (Lipinski definition) is 3. The van der Waals surface area contributed by atoms with E-state index in [4.69, 9.17) is 51.8 Å². The SMILES string of the molecule is COc1cc(NC(=S)NC(=O)c2cc(Cl)ccc2Cl)ccc1NC(=O)c1ccccc1Cl. The van der Waals surface area contributed by atoms with Gasteiger partial charge >= 0.3 is 0 Å². The Morgan fingerprint density at radius 3 is 2.28 bits per heavy atom. The van der Waals surface area contributed by atoms with E-state index in [-0.39, 0.29) is 21.6 Å². The molecule has 0 heterocycles. The Bertz CT molecular complexity index is 1200. The average molecular weight is 509 g/mol. The minimum atomic E-state index is -0.509. The molecule has 0 saturated carbocycles. The molecule has 3 aromatic rings. The molecule has 10 heteroatoms. The molecule has 3 aromatic carbocycles. The summed E-state index contributed by atoms with van der Waals surface area (Å²) in [7, 11) is 1.46. The van der Waals surface area contributed by atoms with Gasteiger partial charge in [0, 0.05) is 16.8 Å². The van der Waals surface area contributed by atoms with Crippen LogP contribution in [0.2, 0.25) is 15.1 Å². The molecule has 2 amide bonds. The first-order chi connectivity index (χ1) is 15.3. The topological polar surface area (TPSA) is 79.5 Å². The highest BCUT2D eigenvalue weighted by atomic mass is 35.5. The van der Waals surface area contributed by atoms with Crippen molar-refractivity contribution in [3.8, 4) is 5.75 Å². The highest BCUT2D eigenvalue weighted by Crippen LogP contribution is 2.29. The monoisotopic (exact) mass is 507 g/mol. The molecule has 0 bridgehead atoms. The second-order valence-corrected chi connectivity index (χ2v) is 8.04. The lowest BCUT2D eigenvalue weighted by molar-refractivity contribution is 0.0976. The van der Waals surface area contributed by atoms with Crippen LogP contribution in [0, 0.1) is 0 Å². The van der Waals surface area contributed by atoms with E-state index in [0.717, 1.165) is 0 Å². The lowest BCUT2D eigenvalue weighted by Crippen LogP contribution is -2.34. The van der Waals surface area contributed by atoms with Gasteiger partial charge < -0.3 is 15.4 Å². The lowest BCUT2D eigenvalue weighted by Gasteiger charge is -2.14. The van der Waals surface area contributed by atoms with Crippen molar-refractivity contribution in [3.63, 3.8) is 0 Å². The molecule has 32 heavy (non-hydrogen) atoms. The van der Waals surface area contributed by atoms with Gasteiger partial charge in [0.1, 0.15) is 5.75 Å². The van der Waals surface area contributed by atoms with Crippen LogP contribution in [0.15, 0.2) is 60.7 Å². The normalized spacial score (nSPS) is 10.2. The fourth-order valence-corrected chi connectivity index (χ4v) is 3.52. The van der Waals surface area contributed by atoms with Crippen LogP contribution in [0.5, 0.6) is 5.75 Å². The van der Waals surface area contributed by atoms with Crippen molar-refractivity contribution < 1.29 is 14.3 Å². The largest absolute Gasteiger partial charge is 0.494 e. The molecule has 0 aliphatic heterocycles. The molecule has 0 atom stereocenters. The van der Waals surface area contributed by atoms with E-state index in [1.165, 1.54) is 19.2 Å². The number of rotatable bonds is 5. The summed E-state index contributed by atoms with van der Waals surface area (Å²) in [6.07, 6.45) is 0. The average Bonchev–Trinajstić information content (AvgIpc) is 2.76. The lowest BCUT2D eigenvalue weighted by atomic mass is 10.2. The molecule has 0 radical (unpaired) electrons. The van der Waals surface area contributed by atoms with Crippen LogP contribution in [0.25, 0.3) is 0 Å². The zero-order valence-electron chi connectivity index (χ0n) is 16.5. The minimum Gasteiger partial charge on any atom is -0.494 e. The van der Waals surface area contributed by atoms with Crippen molar-refractivity contribution in [2.75, 3.05) is 17.7 Å². The molecule has 3 N–H and O–H groups in total. The fourth-order valence-electron chi connectivity index (χ4n) is 2.71. The Morgan fingerprint density at radius 1 is 0.844 bits per heavy atom. The van der Waals surface area contributed by atoms with Crippen molar-refractivity contribution in [1.82, 2.24) is 5.32 Å². The van der Waals surface area contributed by atoms with Crippen LogP contribution >= 0.6 is 47.0 Å². The van der Waals surface area contributed by atoms with Crippen LogP contribution in [-0.2, 0) is 0 Å². The van der Waals surface area contributed by atoms with E-state index in [2.05, 4.69) is 16.0 Å². The second-order valence-electron chi connectivity index (χ2n) is 6.38. The summed E-state index contributed by atoms with van der Waals surface area (Å²) in [4.78, 5) is 24.9. The van der Waals surface area contributed by atoms with Gasteiger partial charge in [-0.05, 0) is 54.7 Å². The molecular formula is C22H16Cl3N3O3S. The van der Waals surface area contributed by atoms with Gasteiger partial charge in [-0.1, -0.05) is 46.9 Å². The molecule has 0 spiro atoms. The highest BCUT2D eigenvalue weighted by Gasteiger charge is 2.15. The smallest absolute Gasteiger partial charge is 0.258 e. The number of methoxy groups -OCH3 is 1. The summed E-state index contributed by atoms with van der Waals surface area (Å²) in [6.45, 7) is 0. The fraction of sp³-hybridized carbons (Fsp3) is 0.0455. The van der Waals surface area contributed by atoms with Crippen LogP contribution in [-0.4, -0.2) is 24.0 Å². The summed E-state index contributed by atoms with van der Waals surface area (Å²) in [5.74, 6) is -0.510. The third kappa shape index (κ3) is 5.89. The number of thiocarbonyl (C=S) groups is 1. The van der Waals surface area contributed by atoms with E-state index >= 15 is 0 Å². The predicted octanol–water partition coefficient (Wildman–Crippen LogP) is 6.03. The zero-order valence-corrected chi connectivity index (χ0v) is 19.6. The first-order valence-corrected chi connectivity index (χ1v) is 10.6. The van der Waals surface area contributed by atoms with E-state index < -0.39 is 5.91 Å². The van der Waals surface area contributed by atoms with Crippen molar-refractivity contribution in [1.29, 1.82) is 0 Å². The van der Waals surface area contributed by atoms with Gasteiger partial charge in [0.05, 0.1) is 34.0 Å². The number of carbonyl (C=O) groups is 2. The second kappa shape index (κ2) is 10.7. The minimum absolute atomic E-state index is 0.0425. The Labute approximate surface area is 204 Å². The molecule has 6 nitrogen and oxygen atoms in total. The van der Waals surface area contributed by atoms with Gasteiger partial charge in [0.25, 0.3) is 11.8 Å². The number of carbonyl (C=O) groups excluding carboxylic acids is 2. The zero-order chi connectivity index (χ0) is 23.3. The van der Waals surface area contributed by atoms with E-state index in [1.54, 1.807) is 48.5 Å². The van der Waals surface area contributed by atoms with Crippen molar-refractivity contribution >= 4 is 75.3 Å².